The van der Waals surface area contributed by atoms with Crippen molar-refractivity contribution in [3.05, 3.63) is 54.1 Å². The molecular formula is C18H21ClN2O2. The van der Waals surface area contributed by atoms with Gasteiger partial charge in [-0.1, -0.05) is 36.4 Å². The fraction of sp³-hybridized carbons (Fsp3) is 0.278. The molecular weight excluding hydrogens is 312 g/mol. The third-order valence-electron chi connectivity index (χ3n) is 4.05. The van der Waals surface area contributed by atoms with E-state index in [4.69, 9.17) is 10.5 Å². The van der Waals surface area contributed by atoms with Crippen LogP contribution in [0.4, 0.5) is 0 Å². The minimum absolute atomic E-state index is 0. The van der Waals surface area contributed by atoms with Crippen molar-refractivity contribution in [3.63, 3.8) is 0 Å². The number of nitrogens with two attached hydrogens (primary N) is 1. The number of amides is 1. The van der Waals surface area contributed by atoms with Gasteiger partial charge in [0.15, 0.2) is 0 Å². The molecule has 0 saturated heterocycles. The highest BCUT2D eigenvalue weighted by Crippen LogP contribution is 2.32. The van der Waals surface area contributed by atoms with Gasteiger partial charge in [0.05, 0.1) is 12.6 Å². The first-order valence-electron chi connectivity index (χ1n) is 7.41. The average molecular weight is 333 g/mol. The average Bonchev–Trinajstić information content (AvgIpc) is 3.32. The van der Waals surface area contributed by atoms with E-state index < -0.39 is 5.54 Å². The molecule has 122 valence electrons. The van der Waals surface area contributed by atoms with Gasteiger partial charge in [-0.05, 0) is 41.7 Å². The molecule has 23 heavy (non-hydrogen) atoms. The second kappa shape index (κ2) is 7.02. The van der Waals surface area contributed by atoms with Crippen LogP contribution in [-0.4, -0.2) is 18.6 Å². The van der Waals surface area contributed by atoms with Crippen molar-refractivity contribution < 1.29 is 9.53 Å². The quantitative estimate of drug-likeness (QED) is 0.885. The zero-order chi connectivity index (χ0) is 15.6. The maximum absolute atomic E-state index is 11.8. The molecule has 0 aromatic heterocycles. The van der Waals surface area contributed by atoms with Crippen molar-refractivity contribution in [2.24, 2.45) is 5.73 Å². The summed E-state index contributed by atoms with van der Waals surface area (Å²) in [6.45, 7) is 0.510. The van der Waals surface area contributed by atoms with E-state index in [2.05, 4.69) is 5.32 Å². The van der Waals surface area contributed by atoms with Crippen molar-refractivity contribution in [3.8, 4) is 16.9 Å². The Kier molecular flexibility index (Phi) is 5.29. The monoisotopic (exact) mass is 332 g/mol. The Balaban J connectivity index is 0.00000192. The predicted molar refractivity (Wildman–Crippen MR) is 93.7 cm³/mol. The lowest BCUT2D eigenvalue weighted by molar-refractivity contribution is -0.123. The zero-order valence-corrected chi connectivity index (χ0v) is 13.9. The molecule has 0 atom stereocenters. The molecule has 1 saturated carbocycles. The SMILES string of the molecule is COc1cccc(-c2ccc(CNC(=O)C3(N)CC3)cc2)c1.Cl. The third-order valence-corrected chi connectivity index (χ3v) is 4.05. The second-order valence-electron chi connectivity index (χ2n) is 5.77. The number of carbonyl (C=O) groups is 1. The number of carbonyl (C=O) groups excluding carboxylic acids is 1. The van der Waals surface area contributed by atoms with E-state index >= 15 is 0 Å². The van der Waals surface area contributed by atoms with Crippen LogP contribution < -0.4 is 15.8 Å². The Bertz CT molecular complexity index is 682. The lowest BCUT2D eigenvalue weighted by atomic mass is 10.0. The topological polar surface area (TPSA) is 64.3 Å². The van der Waals surface area contributed by atoms with Gasteiger partial charge >= 0.3 is 0 Å². The molecule has 0 radical (unpaired) electrons. The van der Waals surface area contributed by atoms with E-state index in [0.717, 1.165) is 35.3 Å². The Morgan fingerprint density at radius 1 is 1.17 bits per heavy atom. The van der Waals surface area contributed by atoms with Crippen molar-refractivity contribution in [2.45, 2.75) is 24.9 Å². The van der Waals surface area contributed by atoms with Gasteiger partial charge < -0.3 is 15.8 Å². The number of hydrogen-bond acceptors (Lipinski definition) is 3. The summed E-state index contributed by atoms with van der Waals surface area (Å²) < 4.78 is 5.24. The highest BCUT2D eigenvalue weighted by Gasteiger charge is 2.45. The molecule has 2 aromatic carbocycles. The summed E-state index contributed by atoms with van der Waals surface area (Å²) in [5.74, 6) is 0.788. The first-order chi connectivity index (χ1) is 10.6. The van der Waals surface area contributed by atoms with Crippen LogP contribution >= 0.6 is 12.4 Å². The summed E-state index contributed by atoms with van der Waals surface area (Å²) in [7, 11) is 1.66. The largest absolute Gasteiger partial charge is 0.497 e. The summed E-state index contributed by atoms with van der Waals surface area (Å²) in [6, 6.07) is 16.1. The molecule has 1 aliphatic carbocycles. The van der Waals surface area contributed by atoms with Gasteiger partial charge in [-0.3, -0.25) is 4.79 Å². The number of benzene rings is 2. The maximum atomic E-state index is 11.8. The van der Waals surface area contributed by atoms with E-state index in [9.17, 15) is 4.79 Å². The molecule has 4 nitrogen and oxygen atoms in total. The lowest BCUT2D eigenvalue weighted by Crippen LogP contribution is -2.42. The minimum Gasteiger partial charge on any atom is -0.497 e. The van der Waals surface area contributed by atoms with Crippen molar-refractivity contribution in [1.29, 1.82) is 0 Å². The van der Waals surface area contributed by atoms with Crippen molar-refractivity contribution >= 4 is 18.3 Å². The lowest BCUT2D eigenvalue weighted by Gasteiger charge is -2.10. The van der Waals surface area contributed by atoms with E-state index in [-0.39, 0.29) is 18.3 Å². The van der Waals surface area contributed by atoms with Gasteiger partial charge in [0.25, 0.3) is 0 Å². The van der Waals surface area contributed by atoms with Crippen LogP contribution in [0.1, 0.15) is 18.4 Å². The maximum Gasteiger partial charge on any atom is 0.240 e. The summed E-state index contributed by atoms with van der Waals surface area (Å²) >= 11 is 0. The number of nitrogens with one attached hydrogen (secondary N) is 1. The number of rotatable bonds is 5. The highest BCUT2D eigenvalue weighted by molar-refractivity contribution is 5.88. The number of halogens is 1. The van der Waals surface area contributed by atoms with E-state index in [1.807, 2.05) is 48.5 Å². The molecule has 0 heterocycles. The van der Waals surface area contributed by atoms with Crippen LogP contribution in [0.5, 0.6) is 5.75 Å². The molecule has 1 fully saturated rings. The van der Waals surface area contributed by atoms with E-state index in [0.29, 0.717) is 6.54 Å². The van der Waals surface area contributed by atoms with Crippen LogP contribution in [0, 0.1) is 0 Å². The van der Waals surface area contributed by atoms with Gasteiger partial charge in [0.1, 0.15) is 5.75 Å². The Hall–Kier alpha value is -2.04. The van der Waals surface area contributed by atoms with Crippen LogP contribution in [-0.2, 0) is 11.3 Å². The Morgan fingerprint density at radius 2 is 1.87 bits per heavy atom. The molecule has 1 aliphatic rings. The second-order valence-corrected chi connectivity index (χ2v) is 5.77. The molecule has 3 rings (SSSR count). The van der Waals surface area contributed by atoms with Crippen LogP contribution in [0.25, 0.3) is 11.1 Å². The summed E-state index contributed by atoms with van der Waals surface area (Å²) in [5.41, 5.74) is 8.53. The van der Waals surface area contributed by atoms with Gasteiger partial charge in [0.2, 0.25) is 5.91 Å². The fourth-order valence-corrected chi connectivity index (χ4v) is 2.34. The molecule has 3 N–H and O–H groups in total. The third kappa shape index (κ3) is 4.03. The van der Waals surface area contributed by atoms with Gasteiger partial charge in [-0.2, -0.15) is 0 Å². The normalized spacial score (nSPS) is 14.5. The van der Waals surface area contributed by atoms with Crippen LogP contribution in [0.15, 0.2) is 48.5 Å². The van der Waals surface area contributed by atoms with Gasteiger partial charge in [-0.25, -0.2) is 0 Å². The first kappa shape index (κ1) is 17.3. The first-order valence-corrected chi connectivity index (χ1v) is 7.41. The van der Waals surface area contributed by atoms with E-state index in [1.54, 1.807) is 7.11 Å². The standard InChI is InChI=1S/C18H20N2O2.ClH/c1-22-16-4-2-3-15(11-16)14-7-5-13(6-8-14)12-20-17(21)18(19)9-10-18;/h2-8,11H,9-10,12,19H2,1H3,(H,20,21);1H. The highest BCUT2D eigenvalue weighted by atomic mass is 35.5. The van der Waals surface area contributed by atoms with Crippen LogP contribution in [0.2, 0.25) is 0 Å². The zero-order valence-electron chi connectivity index (χ0n) is 13.0. The van der Waals surface area contributed by atoms with E-state index in [1.165, 1.54) is 0 Å². The number of ether oxygens (including phenoxy) is 1. The molecule has 2 aromatic rings. The molecule has 1 amide bonds. The minimum atomic E-state index is -0.611. The number of methoxy groups -OCH3 is 1. The molecule has 5 heteroatoms. The summed E-state index contributed by atoms with van der Waals surface area (Å²) in [4.78, 5) is 11.8. The number of hydrogen-bond donors (Lipinski definition) is 2. The van der Waals surface area contributed by atoms with Gasteiger partial charge in [0, 0.05) is 6.54 Å². The van der Waals surface area contributed by atoms with Crippen molar-refractivity contribution in [2.75, 3.05) is 7.11 Å². The Morgan fingerprint density at radius 3 is 2.48 bits per heavy atom. The molecule has 0 spiro atoms. The molecule has 0 unspecified atom stereocenters. The summed E-state index contributed by atoms with van der Waals surface area (Å²) in [6.07, 6.45) is 1.57. The fourth-order valence-electron chi connectivity index (χ4n) is 2.34. The predicted octanol–water partition coefficient (Wildman–Crippen LogP) is 2.89. The Labute approximate surface area is 142 Å². The van der Waals surface area contributed by atoms with Gasteiger partial charge in [-0.15, -0.1) is 12.4 Å². The summed E-state index contributed by atoms with van der Waals surface area (Å²) in [5, 5.41) is 2.89. The molecule has 0 bridgehead atoms. The smallest absolute Gasteiger partial charge is 0.240 e. The molecule has 0 aliphatic heterocycles. The van der Waals surface area contributed by atoms with Crippen LogP contribution in [0.3, 0.4) is 0 Å². The van der Waals surface area contributed by atoms with Crippen molar-refractivity contribution in [1.82, 2.24) is 5.32 Å².